The molecule has 210 valence electrons. The van der Waals surface area contributed by atoms with E-state index >= 15 is 0 Å². The number of allylic oxidation sites excluding steroid dienone is 2. The van der Waals surface area contributed by atoms with Gasteiger partial charge in [0.15, 0.2) is 0 Å². The van der Waals surface area contributed by atoms with Crippen molar-refractivity contribution in [2.45, 2.75) is 58.1 Å². The third-order valence-corrected chi connectivity index (χ3v) is 26.6. The second-order valence-electron chi connectivity index (χ2n) is 15.1. The van der Waals surface area contributed by atoms with Gasteiger partial charge in [-0.3, -0.25) is 0 Å². The van der Waals surface area contributed by atoms with Crippen LogP contribution in [0.15, 0.2) is 83.9 Å². The SMILES string of the molecule is CC(C)(C)C1=Cc2ccc3ccccc3c2[CH]1[Zr]([CH3])([CH3])(=[SiH2])[CH]1C(C(C)(C)C)=Cc2ccc3ccccc3c21.Cl.Cl. The van der Waals surface area contributed by atoms with Gasteiger partial charge in [-0.1, -0.05) is 0 Å². The molecule has 6 rings (SSSR count). The van der Waals surface area contributed by atoms with Crippen LogP contribution in [0.3, 0.4) is 0 Å². The maximum atomic E-state index is 2.79. The van der Waals surface area contributed by atoms with Crippen molar-refractivity contribution in [1.82, 2.24) is 0 Å². The van der Waals surface area contributed by atoms with E-state index in [0.29, 0.717) is 7.25 Å². The first-order chi connectivity index (χ1) is 17.7. The topological polar surface area (TPSA) is 0 Å². The molecule has 0 amide bonds. The first-order valence-electron chi connectivity index (χ1n) is 14.2. The summed E-state index contributed by atoms with van der Waals surface area (Å²) in [5.41, 5.74) is 9.64. The quantitative estimate of drug-likeness (QED) is 0.187. The van der Waals surface area contributed by atoms with Crippen LogP contribution in [0.25, 0.3) is 33.7 Å². The summed E-state index contributed by atoms with van der Waals surface area (Å²) in [5.74, 6) is 0. The standard InChI is InChI=1S/2C17H17.2CH3.2ClH.H2Si.Zr/c2*1-17(2,3)14-10-13-9-8-12-6-4-5-7-15(12)16(13)11-14;;;;;;/h2*4-11H,1-3H3;2*1H3;2*1H;1H2;. The van der Waals surface area contributed by atoms with E-state index in [9.17, 15) is 0 Å². The minimum absolute atomic E-state index is 0. The Kier molecular flexibility index (Phi) is 7.94. The first kappa shape index (κ1) is 31.5. The van der Waals surface area contributed by atoms with E-state index in [1.54, 1.807) is 22.3 Å². The van der Waals surface area contributed by atoms with E-state index in [1.165, 1.54) is 32.7 Å². The number of halogens is 2. The molecule has 0 spiro atoms. The number of hydrogen-bond donors (Lipinski definition) is 0. The maximum Gasteiger partial charge on any atom is -0.147 e. The Bertz CT molecular complexity index is 1650. The van der Waals surface area contributed by atoms with Crippen LogP contribution in [0.4, 0.5) is 0 Å². The average molecular weight is 667 g/mol. The number of rotatable bonds is 2. The molecular weight excluding hydrogens is 623 g/mol. The van der Waals surface area contributed by atoms with E-state index in [0.717, 1.165) is 0 Å². The van der Waals surface area contributed by atoms with Crippen LogP contribution < -0.4 is 0 Å². The Morgan fingerprint density at radius 2 is 0.900 bits per heavy atom. The summed E-state index contributed by atoms with van der Waals surface area (Å²) in [5, 5.41) is 5.66. The van der Waals surface area contributed by atoms with Crippen molar-refractivity contribution >= 4 is 65.4 Å². The molecule has 0 aliphatic heterocycles. The van der Waals surface area contributed by atoms with Gasteiger partial charge in [0.2, 0.25) is 0 Å². The summed E-state index contributed by atoms with van der Waals surface area (Å²) in [6.45, 7) is 17.1. The minimum atomic E-state index is -3.78. The molecular formula is C36H44Cl2SiZr. The van der Waals surface area contributed by atoms with Gasteiger partial charge < -0.3 is 0 Å². The summed E-state index contributed by atoms with van der Waals surface area (Å²) in [7, 11) is 0. The van der Waals surface area contributed by atoms with Gasteiger partial charge in [0, 0.05) is 0 Å². The molecule has 0 bridgehead atoms. The molecule has 0 saturated heterocycles. The zero-order valence-electron chi connectivity index (χ0n) is 25.3. The predicted octanol–water partition coefficient (Wildman–Crippen LogP) is 10.8. The largest absolute Gasteiger partial charge is 0.147 e. The molecule has 2 aliphatic rings. The summed E-state index contributed by atoms with van der Waals surface area (Å²) < 4.78 is 6.58. The summed E-state index contributed by atoms with van der Waals surface area (Å²) in [4.78, 5) is 0. The van der Waals surface area contributed by atoms with Crippen LogP contribution in [-0.2, 0) is 17.4 Å². The van der Waals surface area contributed by atoms with Crippen molar-refractivity contribution in [3.05, 3.63) is 106 Å². The van der Waals surface area contributed by atoms with Crippen molar-refractivity contribution in [2.24, 2.45) is 10.8 Å². The van der Waals surface area contributed by atoms with Crippen LogP contribution in [0.5, 0.6) is 0 Å². The second kappa shape index (κ2) is 10.1. The van der Waals surface area contributed by atoms with Crippen molar-refractivity contribution in [3.63, 3.8) is 0 Å². The van der Waals surface area contributed by atoms with Crippen LogP contribution in [0.2, 0.25) is 9.26 Å². The Hall–Kier alpha value is -1.44. The Morgan fingerprint density at radius 1 is 0.550 bits per heavy atom. The van der Waals surface area contributed by atoms with E-state index in [-0.39, 0.29) is 35.6 Å². The fourth-order valence-electron chi connectivity index (χ4n) is 7.77. The molecule has 0 fully saturated rings. The first-order valence-corrected chi connectivity index (χ1v) is 27.9. The second-order valence-corrected chi connectivity index (χ2v) is 45.6. The molecule has 2 aliphatic carbocycles. The molecule has 0 N–H and O–H groups in total. The molecule has 0 heterocycles. The Labute approximate surface area is 256 Å². The molecule has 40 heavy (non-hydrogen) atoms. The van der Waals surface area contributed by atoms with Gasteiger partial charge in [0.1, 0.15) is 0 Å². The Balaban J connectivity index is 0.00000185. The van der Waals surface area contributed by atoms with Gasteiger partial charge in [0.25, 0.3) is 0 Å². The monoisotopic (exact) mass is 664 g/mol. The predicted molar refractivity (Wildman–Crippen MR) is 183 cm³/mol. The van der Waals surface area contributed by atoms with Gasteiger partial charge in [-0.2, -0.15) is 0 Å². The van der Waals surface area contributed by atoms with Crippen LogP contribution in [0.1, 0.15) is 71.0 Å². The number of fused-ring (bicyclic) bond motifs is 6. The van der Waals surface area contributed by atoms with Crippen molar-refractivity contribution in [3.8, 4) is 0 Å². The van der Waals surface area contributed by atoms with E-state index in [2.05, 4.69) is 143 Å². The van der Waals surface area contributed by atoms with Gasteiger partial charge in [-0.25, -0.2) is 0 Å². The third-order valence-electron chi connectivity index (χ3n) is 9.46. The van der Waals surface area contributed by atoms with Crippen molar-refractivity contribution in [1.29, 1.82) is 0 Å². The van der Waals surface area contributed by atoms with Gasteiger partial charge in [0.05, 0.1) is 0 Å². The van der Waals surface area contributed by atoms with Crippen molar-refractivity contribution < 1.29 is 17.4 Å². The molecule has 0 nitrogen and oxygen atoms in total. The number of benzene rings is 4. The zero-order valence-corrected chi connectivity index (χ0v) is 30.8. The van der Waals surface area contributed by atoms with E-state index in [1.807, 2.05) is 0 Å². The third kappa shape index (κ3) is 4.76. The van der Waals surface area contributed by atoms with E-state index in [4.69, 9.17) is 0 Å². The maximum absolute atomic E-state index is 3.78. The summed E-state index contributed by atoms with van der Waals surface area (Å²) in [6, 6.07) is 27.7. The van der Waals surface area contributed by atoms with Crippen LogP contribution in [0, 0.1) is 10.8 Å². The van der Waals surface area contributed by atoms with Gasteiger partial charge in [-0.05, 0) is 0 Å². The Morgan fingerprint density at radius 3 is 1.25 bits per heavy atom. The van der Waals surface area contributed by atoms with Crippen molar-refractivity contribution in [2.75, 3.05) is 0 Å². The van der Waals surface area contributed by atoms with Crippen LogP contribution >= 0.6 is 24.8 Å². The molecule has 4 aromatic rings. The molecule has 2 atom stereocenters. The normalized spacial score (nSPS) is 18.9. The summed E-state index contributed by atoms with van der Waals surface area (Å²) in [6.07, 6.45) is 5.17. The minimum Gasteiger partial charge on any atom is -0.147 e. The van der Waals surface area contributed by atoms with Crippen LogP contribution in [-0.4, -0.2) is 6.88 Å². The van der Waals surface area contributed by atoms with Gasteiger partial charge in [-0.15, -0.1) is 24.8 Å². The fourth-order valence-corrected chi connectivity index (χ4v) is 27.4. The average Bonchev–Trinajstić information content (AvgIpc) is 3.45. The molecule has 0 radical (unpaired) electrons. The number of hydrogen-bond acceptors (Lipinski definition) is 0. The van der Waals surface area contributed by atoms with Gasteiger partial charge >= 0.3 is 233 Å². The fraction of sp³-hybridized carbons (Fsp3) is 0.333. The summed E-state index contributed by atoms with van der Waals surface area (Å²) >= 11 is -3.78. The molecule has 2 unspecified atom stereocenters. The smallest absolute Gasteiger partial charge is 0.147 e. The molecule has 0 saturated carbocycles. The molecule has 0 aromatic heterocycles. The molecule has 4 aromatic carbocycles. The van der Waals surface area contributed by atoms with E-state index < -0.39 is 17.4 Å². The molecule has 4 heteroatoms. The zero-order chi connectivity index (χ0) is 27.3.